The lowest BCUT2D eigenvalue weighted by molar-refractivity contribution is -0.135. The van der Waals surface area contributed by atoms with Crippen LogP contribution >= 0.6 is 0 Å². The number of hydrogen-bond donors (Lipinski definition) is 3. The molecule has 2 bridgehead atoms. The van der Waals surface area contributed by atoms with E-state index in [-0.39, 0.29) is 46.4 Å². The Balaban J connectivity index is 0.631. The Kier molecular flexibility index (Phi) is 11.5. The van der Waals surface area contributed by atoms with Crippen molar-refractivity contribution in [3.8, 4) is 23.0 Å². The van der Waals surface area contributed by atoms with Crippen LogP contribution in [0.1, 0.15) is 82.7 Å². The number of imide groups is 1. The number of likely N-dealkylation sites (tertiary alicyclic amines) is 1. The smallest absolute Gasteiger partial charge is 0.329 e. The quantitative estimate of drug-likeness (QED) is 0.117. The lowest BCUT2D eigenvalue weighted by Crippen LogP contribution is -2.53. The molecule has 2 aliphatic carbocycles. The zero-order valence-corrected chi connectivity index (χ0v) is 42.0. The molecule has 3 unspecified atom stereocenters. The molecular weight excluding hydrogens is 926 g/mol. The van der Waals surface area contributed by atoms with Gasteiger partial charge in [0.2, 0.25) is 11.8 Å². The molecule has 13 rings (SSSR count). The van der Waals surface area contributed by atoms with Crippen LogP contribution < -0.4 is 30.9 Å². The van der Waals surface area contributed by atoms with Crippen molar-refractivity contribution in [2.24, 2.45) is 23.8 Å². The van der Waals surface area contributed by atoms with E-state index in [1.165, 1.54) is 25.7 Å². The van der Waals surface area contributed by atoms with Crippen LogP contribution in [0.2, 0.25) is 0 Å². The van der Waals surface area contributed by atoms with E-state index in [4.69, 9.17) is 19.7 Å². The predicted octanol–water partition coefficient (Wildman–Crippen LogP) is 6.30. The molecule has 382 valence electrons. The van der Waals surface area contributed by atoms with Gasteiger partial charge in [0.15, 0.2) is 5.82 Å². The van der Waals surface area contributed by atoms with Crippen LogP contribution in [-0.4, -0.2) is 135 Å². The highest BCUT2D eigenvalue weighted by molar-refractivity contribution is 6.02. The molecule has 2 saturated carbocycles. The molecule has 3 atom stereocenters. The van der Waals surface area contributed by atoms with Gasteiger partial charge in [0.1, 0.15) is 28.8 Å². The summed E-state index contributed by atoms with van der Waals surface area (Å²) in [6.45, 7) is 12.3. The van der Waals surface area contributed by atoms with Crippen LogP contribution in [-0.2, 0) is 23.1 Å². The number of phenols is 1. The van der Waals surface area contributed by atoms with Crippen LogP contribution in [0.3, 0.4) is 0 Å². The second-order valence-electron chi connectivity index (χ2n) is 22.9. The Bertz CT molecular complexity index is 3220. The van der Waals surface area contributed by atoms with Gasteiger partial charge in [0.05, 0.1) is 23.0 Å². The first-order valence-corrected chi connectivity index (χ1v) is 26.9. The lowest BCUT2D eigenvalue weighted by Gasteiger charge is -2.54. The third-order valence-electron chi connectivity index (χ3n) is 18.1. The van der Waals surface area contributed by atoms with Crippen LogP contribution in [0, 0.1) is 22.6 Å². The maximum Gasteiger partial charge on any atom is 0.329 e. The molecule has 73 heavy (non-hydrogen) atoms. The average molecular weight is 992 g/mol. The predicted molar refractivity (Wildman–Crippen MR) is 279 cm³/mol. The van der Waals surface area contributed by atoms with E-state index in [2.05, 4.69) is 49.3 Å². The van der Waals surface area contributed by atoms with Crippen molar-refractivity contribution < 1.29 is 23.8 Å². The van der Waals surface area contributed by atoms with E-state index < -0.39 is 17.8 Å². The number of amides is 2. The number of imidazole rings is 1. The van der Waals surface area contributed by atoms with Crippen molar-refractivity contribution in [3.63, 3.8) is 0 Å². The number of aryl methyl sites for hydroxylation is 2. The molecule has 5 aliphatic heterocycles. The first kappa shape index (κ1) is 46.6. The number of carbonyl (C=O) groups is 2. The number of fused-ring (bicyclic) bond motifs is 5. The Morgan fingerprint density at radius 3 is 2.38 bits per heavy atom. The summed E-state index contributed by atoms with van der Waals surface area (Å²) in [6, 6.07) is 15.6. The zero-order valence-electron chi connectivity index (χ0n) is 42.0. The monoisotopic (exact) mass is 992 g/mol. The van der Waals surface area contributed by atoms with E-state index in [9.17, 15) is 19.5 Å². The summed E-state index contributed by atoms with van der Waals surface area (Å²) in [4.78, 5) is 62.4. The number of piperazine rings is 2. The molecule has 17 heteroatoms. The summed E-state index contributed by atoms with van der Waals surface area (Å²) >= 11 is 0. The van der Waals surface area contributed by atoms with Crippen molar-refractivity contribution in [3.05, 3.63) is 76.6 Å². The Morgan fingerprint density at radius 1 is 0.863 bits per heavy atom. The summed E-state index contributed by atoms with van der Waals surface area (Å²) in [5.74, 6) is 0.220. The number of phenolic OH excluding ortho intramolecular Hbond substituents is 1. The maximum absolute atomic E-state index is 17.2. The second-order valence-corrected chi connectivity index (χ2v) is 22.9. The Morgan fingerprint density at radius 2 is 1.64 bits per heavy atom. The highest BCUT2D eigenvalue weighted by atomic mass is 19.1. The van der Waals surface area contributed by atoms with E-state index in [1.807, 2.05) is 24.3 Å². The van der Waals surface area contributed by atoms with Gasteiger partial charge in [-0.05, 0) is 135 Å². The highest BCUT2D eigenvalue weighted by Crippen LogP contribution is 2.54. The van der Waals surface area contributed by atoms with Gasteiger partial charge in [0, 0.05) is 101 Å². The lowest BCUT2D eigenvalue weighted by atomic mass is 9.57. The number of anilines is 2. The zero-order chi connectivity index (χ0) is 49.8. The van der Waals surface area contributed by atoms with Gasteiger partial charge in [-0.2, -0.15) is 9.97 Å². The fourth-order valence-corrected chi connectivity index (χ4v) is 13.9. The number of pyridine rings is 1. The van der Waals surface area contributed by atoms with Crippen molar-refractivity contribution in [2.45, 2.75) is 95.7 Å². The molecule has 3 N–H and O–H groups in total. The number of aromatic hydroxyl groups is 1. The number of aromatic nitrogens is 5. The van der Waals surface area contributed by atoms with Gasteiger partial charge >= 0.3 is 11.7 Å². The van der Waals surface area contributed by atoms with Gasteiger partial charge in [-0.15, -0.1) is 0 Å². The maximum atomic E-state index is 17.2. The highest BCUT2D eigenvalue weighted by Gasteiger charge is 2.50. The number of piperidine rings is 2. The standard InChI is InChI=1S/C56H66FN11O5/c1-3-35-5-4-6-36-23-40(69)25-41(47(35)36)49-48(57)50-42(28-58-49)51(67-30-37-7-8-38(31-67)59-37)62-53(61-50)73-33-56(13-14-56)32-65-17-15-55(16-18-65)26-34(27-55)29-64-19-21-66(22-20-64)39-9-10-43-45(24-39)63(2)54(72)68(43)44-11-12-46(70)60-52(44)71/h4-6,9-10,23-25,28,34,37-38,44,59,69H,3,7-8,11-22,26-27,29-33H2,1-2H3,(H,60,70,71). The molecule has 3 aromatic carbocycles. The van der Waals surface area contributed by atoms with Crippen molar-refractivity contribution >= 4 is 56.0 Å². The van der Waals surface area contributed by atoms with E-state index in [0.717, 1.165) is 131 Å². The first-order valence-electron chi connectivity index (χ1n) is 26.9. The van der Waals surface area contributed by atoms with Gasteiger partial charge in [-0.3, -0.25) is 33.9 Å². The summed E-state index contributed by atoms with van der Waals surface area (Å²) in [5.41, 5.74) is 4.79. The van der Waals surface area contributed by atoms with Gasteiger partial charge < -0.3 is 29.9 Å². The summed E-state index contributed by atoms with van der Waals surface area (Å²) in [7, 11) is 1.75. The molecule has 7 aliphatic rings. The average Bonchev–Trinajstić information content (AvgIpc) is 4.00. The van der Waals surface area contributed by atoms with E-state index in [0.29, 0.717) is 52.8 Å². The molecule has 8 heterocycles. The largest absolute Gasteiger partial charge is 0.508 e. The SMILES string of the molecule is CCc1cccc2cc(O)cc(-c3ncc4c(N5CC6CCC(C5)N6)nc(OCC5(CN6CCC7(CC6)CC(CN6CCN(c8ccc9c(c8)n(C)c(=O)n9C8CCC(=O)NC8=O)CC6)C7)CC5)nc4c3F)c12. The van der Waals surface area contributed by atoms with Crippen LogP contribution in [0.15, 0.2) is 59.5 Å². The molecule has 5 saturated heterocycles. The topological polar surface area (TPSA) is 166 Å². The fourth-order valence-electron chi connectivity index (χ4n) is 13.9. The molecule has 2 amide bonds. The number of halogens is 1. The van der Waals surface area contributed by atoms with Crippen molar-refractivity contribution in [2.75, 3.05) is 81.9 Å². The normalized spacial score (nSPS) is 24.2. The molecule has 6 aromatic rings. The minimum absolute atomic E-state index is 0.0314. The third kappa shape index (κ3) is 8.48. The fraction of sp³-hybridized carbons (Fsp3) is 0.536. The number of nitrogens with one attached hydrogen (secondary N) is 2. The molecule has 1 spiro atoms. The molecule has 7 fully saturated rings. The number of ether oxygens (including phenoxy) is 1. The minimum Gasteiger partial charge on any atom is -0.508 e. The molecule has 16 nitrogen and oxygen atoms in total. The molecule has 3 aromatic heterocycles. The second kappa shape index (κ2) is 18.0. The summed E-state index contributed by atoms with van der Waals surface area (Å²) in [5, 5.41) is 19.2. The number of hydrogen-bond acceptors (Lipinski definition) is 13. The van der Waals surface area contributed by atoms with Crippen LogP contribution in [0.4, 0.5) is 15.9 Å². The van der Waals surface area contributed by atoms with Crippen molar-refractivity contribution in [1.82, 2.24) is 44.5 Å². The Hall–Kier alpha value is -6.17. The van der Waals surface area contributed by atoms with Gasteiger partial charge in [-0.25, -0.2) is 9.18 Å². The van der Waals surface area contributed by atoms with Crippen LogP contribution in [0.5, 0.6) is 11.8 Å². The summed E-state index contributed by atoms with van der Waals surface area (Å²) < 4.78 is 27.0. The number of benzene rings is 3. The van der Waals surface area contributed by atoms with E-state index >= 15 is 4.39 Å². The van der Waals surface area contributed by atoms with Crippen LogP contribution in [0.25, 0.3) is 44.0 Å². The van der Waals surface area contributed by atoms with Crippen molar-refractivity contribution in [1.29, 1.82) is 0 Å². The molecular formula is C56H66FN11O5. The van der Waals surface area contributed by atoms with E-state index in [1.54, 1.807) is 34.5 Å². The third-order valence-corrected chi connectivity index (χ3v) is 18.1. The van der Waals surface area contributed by atoms with Gasteiger partial charge in [-0.1, -0.05) is 25.1 Å². The minimum atomic E-state index is -0.688. The van der Waals surface area contributed by atoms with Gasteiger partial charge in [0.25, 0.3) is 0 Å². The molecule has 0 radical (unpaired) electrons. The number of carbonyl (C=O) groups excluding carboxylic acids is 2. The number of nitrogens with zero attached hydrogens (tertiary/aromatic N) is 9. The first-order chi connectivity index (χ1) is 35.4. The number of rotatable bonds is 12. The Labute approximate surface area is 423 Å². The summed E-state index contributed by atoms with van der Waals surface area (Å²) in [6.07, 6.45) is 12.5.